The van der Waals surface area contributed by atoms with Gasteiger partial charge in [-0.1, -0.05) is 6.92 Å². The number of hydrogen-bond acceptors (Lipinski definition) is 2. The van der Waals surface area contributed by atoms with Gasteiger partial charge in [-0.05, 0) is 0 Å². The summed E-state index contributed by atoms with van der Waals surface area (Å²) in [6.45, 7) is 6.72. The third kappa shape index (κ3) is 16.9. The van der Waals surface area contributed by atoms with E-state index in [9.17, 15) is 4.79 Å². The average molecular weight is 433 g/mol. The van der Waals surface area contributed by atoms with Gasteiger partial charge in [-0.25, -0.2) is 0 Å². The Morgan fingerprint density at radius 3 is 1.57 bits per heavy atom. The Balaban J connectivity index is 3.58. The van der Waals surface area contributed by atoms with Gasteiger partial charge in [0.1, 0.15) is 0 Å². The van der Waals surface area contributed by atoms with E-state index in [1.807, 2.05) is 0 Å². The number of carbonyl (C=O) groups excluding carboxylic acids is 1. The fourth-order valence-corrected chi connectivity index (χ4v) is 10.8. The molecule has 0 fully saturated rings. The summed E-state index contributed by atoms with van der Waals surface area (Å²) < 4.78 is 8.40. The van der Waals surface area contributed by atoms with Crippen LogP contribution in [0.3, 0.4) is 0 Å². The van der Waals surface area contributed by atoms with Gasteiger partial charge in [0.2, 0.25) is 0 Å². The van der Waals surface area contributed by atoms with Crippen molar-refractivity contribution in [2.45, 2.75) is 120 Å². The van der Waals surface area contributed by atoms with Crippen molar-refractivity contribution in [3.63, 3.8) is 0 Å². The molecule has 0 aliphatic heterocycles. The third-order valence-corrected chi connectivity index (χ3v) is 12.2. The molecular formula is C20H42O2Sn. The van der Waals surface area contributed by atoms with Gasteiger partial charge < -0.3 is 0 Å². The zero-order valence-electron chi connectivity index (χ0n) is 16.2. The molecule has 3 heteroatoms. The summed E-state index contributed by atoms with van der Waals surface area (Å²) >= 11 is -1.99. The standard InChI is InChI=1S/C12H24O2.2C4H9.Sn.H/c1-2-3-4-5-6-7-8-9-10-11-12(13)14;2*1-3-4-2;;/h2-11H2,1H3,(H,13,14);2*1,3-4H2,2H3;;/q;;;+1;/p-1. The molecule has 0 aromatic rings. The van der Waals surface area contributed by atoms with E-state index in [-0.39, 0.29) is 5.97 Å². The van der Waals surface area contributed by atoms with Gasteiger partial charge in [-0.3, -0.25) is 0 Å². The Morgan fingerprint density at radius 2 is 1.09 bits per heavy atom. The van der Waals surface area contributed by atoms with E-state index in [1.54, 1.807) is 0 Å². The van der Waals surface area contributed by atoms with Crippen molar-refractivity contribution >= 4 is 26.1 Å². The summed E-state index contributed by atoms with van der Waals surface area (Å²) in [6, 6.07) is 0. The van der Waals surface area contributed by atoms with Crippen LogP contribution in [0, 0.1) is 0 Å². The molecule has 0 aliphatic rings. The SMILES string of the molecule is CCCCCCCCCCCC(=O)[O][SnH]([CH2]CCC)[CH2]CCC. The van der Waals surface area contributed by atoms with Gasteiger partial charge in [-0.2, -0.15) is 0 Å². The number of rotatable bonds is 17. The molecule has 0 spiro atoms. The summed E-state index contributed by atoms with van der Waals surface area (Å²) in [6.07, 6.45) is 17.4. The maximum atomic E-state index is 12.0. The molecule has 0 aromatic heterocycles. The van der Waals surface area contributed by atoms with Crippen LogP contribution in [-0.4, -0.2) is 26.1 Å². The monoisotopic (exact) mass is 434 g/mol. The molecule has 0 bridgehead atoms. The summed E-state index contributed by atoms with van der Waals surface area (Å²) in [7, 11) is 0. The molecule has 0 radical (unpaired) electrons. The van der Waals surface area contributed by atoms with Crippen molar-refractivity contribution in [1.29, 1.82) is 0 Å². The average Bonchev–Trinajstić information content (AvgIpc) is 2.55. The van der Waals surface area contributed by atoms with Gasteiger partial charge in [0.05, 0.1) is 0 Å². The normalized spacial score (nSPS) is 11.1. The molecule has 0 amide bonds. The van der Waals surface area contributed by atoms with Gasteiger partial charge in [-0.15, -0.1) is 0 Å². The van der Waals surface area contributed by atoms with Crippen molar-refractivity contribution in [2.24, 2.45) is 0 Å². The number of carbonyl (C=O) groups is 1. The van der Waals surface area contributed by atoms with E-state index >= 15 is 0 Å². The van der Waals surface area contributed by atoms with Gasteiger partial charge in [0.15, 0.2) is 0 Å². The van der Waals surface area contributed by atoms with Crippen LogP contribution in [0.4, 0.5) is 0 Å². The van der Waals surface area contributed by atoms with Gasteiger partial charge in [0, 0.05) is 0 Å². The Bertz CT molecular complexity index is 248. The predicted octanol–water partition coefficient (Wildman–Crippen LogP) is 6.77. The predicted molar refractivity (Wildman–Crippen MR) is 105 cm³/mol. The Hall–Kier alpha value is 0.269. The van der Waals surface area contributed by atoms with Crippen LogP contribution in [0.2, 0.25) is 8.87 Å². The first-order valence-electron chi connectivity index (χ1n) is 10.4. The van der Waals surface area contributed by atoms with Crippen molar-refractivity contribution in [2.75, 3.05) is 0 Å². The number of unbranched alkanes of at least 4 members (excludes halogenated alkanes) is 10. The third-order valence-electron chi connectivity index (χ3n) is 4.54. The quantitative estimate of drug-likeness (QED) is 0.187. The first-order chi connectivity index (χ1) is 11.2. The first kappa shape index (κ1) is 23.3. The zero-order valence-corrected chi connectivity index (χ0v) is 19.5. The van der Waals surface area contributed by atoms with Crippen molar-refractivity contribution in [3.05, 3.63) is 0 Å². The molecule has 0 aromatic carbocycles. The van der Waals surface area contributed by atoms with Gasteiger partial charge in [0.25, 0.3) is 0 Å². The zero-order chi connectivity index (χ0) is 17.2. The second-order valence-electron chi connectivity index (χ2n) is 6.97. The van der Waals surface area contributed by atoms with Crippen LogP contribution in [0.1, 0.15) is 111 Å². The molecule has 0 saturated carbocycles. The molecule has 0 N–H and O–H groups in total. The van der Waals surface area contributed by atoms with E-state index in [4.69, 9.17) is 3.07 Å². The molecule has 0 unspecified atom stereocenters. The topological polar surface area (TPSA) is 26.3 Å². The van der Waals surface area contributed by atoms with Crippen LogP contribution < -0.4 is 0 Å². The molecule has 0 aliphatic carbocycles. The van der Waals surface area contributed by atoms with Crippen molar-refractivity contribution < 1.29 is 7.87 Å². The second kappa shape index (κ2) is 18.6. The fourth-order valence-electron chi connectivity index (χ4n) is 2.95. The van der Waals surface area contributed by atoms with E-state index in [1.165, 1.54) is 85.9 Å². The van der Waals surface area contributed by atoms with Crippen LogP contribution in [0.25, 0.3) is 0 Å². The van der Waals surface area contributed by atoms with E-state index < -0.39 is 20.2 Å². The van der Waals surface area contributed by atoms with Crippen LogP contribution in [0.15, 0.2) is 0 Å². The molecule has 138 valence electrons. The minimum absolute atomic E-state index is 0.126. The molecule has 0 saturated heterocycles. The summed E-state index contributed by atoms with van der Waals surface area (Å²) in [5.41, 5.74) is 0. The summed E-state index contributed by atoms with van der Waals surface area (Å²) in [5.74, 6) is 0.126. The Kier molecular flexibility index (Phi) is 18.8. The Labute approximate surface area is 153 Å². The molecule has 0 heterocycles. The van der Waals surface area contributed by atoms with E-state index in [2.05, 4.69) is 20.8 Å². The first-order valence-corrected chi connectivity index (χ1v) is 16.4. The van der Waals surface area contributed by atoms with Gasteiger partial charge >= 0.3 is 147 Å². The second-order valence-corrected chi connectivity index (χ2v) is 14.5. The molecule has 23 heavy (non-hydrogen) atoms. The molecule has 2 nitrogen and oxygen atoms in total. The van der Waals surface area contributed by atoms with E-state index in [0.29, 0.717) is 6.42 Å². The minimum atomic E-state index is -1.99. The van der Waals surface area contributed by atoms with Crippen molar-refractivity contribution in [3.8, 4) is 0 Å². The maximum absolute atomic E-state index is 12.0. The molecule has 0 rings (SSSR count). The molecule has 0 atom stereocenters. The van der Waals surface area contributed by atoms with Crippen LogP contribution in [-0.2, 0) is 7.87 Å². The van der Waals surface area contributed by atoms with Crippen LogP contribution in [0.5, 0.6) is 0 Å². The number of hydrogen-bond donors (Lipinski definition) is 0. The fraction of sp³-hybridized carbons (Fsp3) is 0.950. The van der Waals surface area contributed by atoms with Crippen LogP contribution >= 0.6 is 0 Å². The molecular weight excluding hydrogens is 391 g/mol. The van der Waals surface area contributed by atoms with Crippen molar-refractivity contribution in [1.82, 2.24) is 0 Å². The summed E-state index contributed by atoms with van der Waals surface area (Å²) in [4.78, 5) is 12.0. The Morgan fingerprint density at radius 1 is 0.652 bits per heavy atom. The summed E-state index contributed by atoms with van der Waals surface area (Å²) in [5, 5.41) is 0. The van der Waals surface area contributed by atoms with E-state index in [0.717, 1.165) is 6.42 Å².